The van der Waals surface area contributed by atoms with E-state index in [9.17, 15) is 9.59 Å². The molecule has 29 heavy (non-hydrogen) atoms. The Morgan fingerprint density at radius 1 is 1.21 bits per heavy atom. The largest absolute Gasteiger partial charge is 0.496 e. The van der Waals surface area contributed by atoms with Crippen LogP contribution < -0.4 is 14.8 Å². The van der Waals surface area contributed by atoms with Gasteiger partial charge in [-0.15, -0.1) is 0 Å². The highest BCUT2D eigenvalue weighted by molar-refractivity contribution is 6.01. The van der Waals surface area contributed by atoms with Crippen molar-refractivity contribution in [1.29, 1.82) is 0 Å². The van der Waals surface area contributed by atoms with E-state index in [1.807, 2.05) is 6.92 Å². The first-order chi connectivity index (χ1) is 13.7. The highest BCUT2D eigenvalue weighted by Crippen LogP contribution is 2.44. The van der Waals surface area contributed by atoms with Gasteiger partial charge < -0.3 is 14.8 Å². The lowest BCUT2D eigenvalue weighted by atomic mass is 9.85. The van der Waals surface area contributed by atoms with Crippen LogP contribution in [0.5, 0.6) is 11.5 Å². The third-order valence-electron chi connectivity index (χ3n) is 5.80. The molecule has 1 aromatic carbocycles. The van der Waals surface area contributed by atoms with Gasteiger partial charge in [0.15, 0.2) is 11.4 Å². The second-order valence-corrected chi connectivity index (χ2v) is 8.44. The summed E-state index contributed by atoms with van der Waals surface area (Å²) < 4.78 is 11.7. The van der Waals surface area contributed by atoms with E-state index in [-0.39, 0.29) is 18.1 Å². The Balaban J connectivity index is 1.77. The van der Waals surface area contributed by atoms with Crippen molar-refractivity contribution in [3.63, 3.8) is 0 Å². The van der Waals surface area contributed by atoms with Gasteiger partial charge in [0.25, 0.3) is 5.91 Å². The number of benzene rings is 1. The second kappa shape index (κ2) is 8.44. The number of methoxy groups -OCH3 is 1. The summed E-state index contributed by atoms with van der Waals surface area (Å²) in [5, 5.41) is 2.84. The highest BCUT2D eigenvalue weighted by atomic mass is 16.5. The molecule has 1 aromatic rings. The topological polar surface area (TPSA) is 64.6 Å². The first kappa shape index (κ1) is 21.2. The highest BCUT2D eigenvalue weighted by Gasteiger charge is 2.43. The molecule has 1 N–H and O–H groups in total. The zero-order chi connectivity index (χ0) is 21.2. The fourth-order valence-corrected chi connectivity index (χ4v) is 3.94. The van der Waals surface area contributed by atoms with Crippen LogP contribution in [-0.4, -0.2) is 24.4 Å². The summed E-state index contributed by atoms with van der Waals surface area (Å²) in [5.41, 5.74) is 3.92. The number of carbonyl (C=O) groups is 2. The average Bonchev–Trinajstić information content (AvgIpc) is 3.03. The van der Waals surface area contributed by atoms with Crippen LogP contribution in [0.1, 0.15) is 74.9 Å². The predicted molar refractivity (Wildman–Crippen MR) is 114 cm³/mol. The molecular formula is C24H31NO4. The lowest BCUT2D eigenvalue weighted by Crippen LogP contribution is -2.46. The molecule has 0 fully saturated rings. The summed E-state index contributed by atoms with van der Waals surface area (Å²) in [6, 6.07) is 1.72. The number of carbonyl (C=O) groups excluding carboxylic acids is 2. The molecule has 1 amide bonds. The van der Waals surface area contributed by atoms with E-state index in [0.717, 1.165) is 30.4 Å². The minimum atomic E-state index is -0.893. The van der Waals surface area contributed by atoms with E-state index in [2.05, 4.69) is 38.2 Å². The van der Waals surface area contributed by atoms with Crippen molar-refractivity contribution >= 4 is 11.7 Å². The maximum absolute atomic E-state index is 12.9. The molecule has 3 rings (SSSR count). The number of Topliss-reactive ketones (excluding diaryl/α,β-unsaturated/α-hetero) is 1. The monoisotopic (exact) mass is 397 g/mol. The lowest BCUT2D eigenvalue weighted by molar-refractivity contribution is -0.134. The fourth-order valence-electron chi connectivity index (χ4n) is 3.94. The number of hydrogen-bond donors (Lipinski definition) is 1. The van der Waals surface area contributed by atoms with Crippen molar-refractivity contribution in [2.45, 2.75) is 71.9 Å². The van der Waals surface area contributed by atoms with Crippen LogP contribution in [-0.2, 0) is 17.8 Å². The fraction of sp³-hybridized carbons (Fsp3) is 0.500. The summed E-state index contributed by atoms with van der Waals surface area (Å²) in [6.07, 6.45) is 8.17. The molecule has 0 aliphatic carbocycles. The molecule has 2 heterocycles. The SMILES string of the molecule is COc1cc2c(c3c1CC(=O)[C@](C)(CC/C=C(\C)CCC=C(C)C)O3)CNC2=O. The Labute approximate surface area is 173 Å². The summed E-state index contributed by atoms with van der Waals surface area (Å²) in [6.45, 7) is 8.64. The summed E-state index contributed by atoms with van der Waals surface area (Å²) in [5.74, 6) is 1.11. The third kappa shape index (κ3) is 4.39. The van der Waals surface area contributed by atoms with Crippen LogP contribution in [0.3, 0.4) is 0 Å². The van der Waals surface area contributed by atoms with Crippen LogP contribution in [0.15, 0.2) is 29.4 Å². The van der Waals surface area contributed by atoms with E-state index in [1.165, 1.54) is 11.1 Å². The van der Waals surface area contributed by atoms with Crippen LogP contribution >= 0.6 is 0 Å². The number of fused-ring (bicyclic) bond motifs is 3. The van der Waals surface area contributed by atoms with Gasteiger partial charge in [0.05, 0.1) is 12.7 Å². The molecule has 156 valence electrons. The maximum atomic E-state index is 12.9. The summed E-state index contributed by atoms with van der Waals surface area (Å²) >= 11 is 0. The molecule has 0 bridgehead atoms. The molecule has 0 saturated heterocycles. The summed E-state index contributed by atoms with van der Waals surface area (Å²) in [7, 11) is 1.55. The van der Waals surface area contributed by atoms with E-state index < -0.39 is 5.60 Å². The first-order valence-electron chi connectivity index (χ1n) is 10.3. The predicted octanol–water partition coefficient (Wildman–Crippen LogP) is 4.67. The lowest BCUT2D eigenvalue weighted by Gasteiger charge is -2.36. The number of allylic oxidation sites excluding steroid dienone is 4. The Hall–Kier alpha value is -2.56. The Morgan fingerprint density at radius 3 is 2.66 bits per heavy atom. The number of nitrogens with one attached hydrogen (secondary N) is 1. The molecular weight excluding hydrogens is 366 g/mol. The van der Waals surface area contributed by atoms with Gasteiger partial charge in [-0.1, -0.05) is 23.3 Å². The molecule has 1 atom stereocenters. The zero-order valence-electron chi connectivity index (χ0n) is 18.1. The Kier molecular flexibility index (Phi) is 6.15. The molecule has 2 aliphatic heterocycles. The van der Waals surface area contributed by atoms with Gasteiger partial charge in [-0.25, -0.2) is 0 Å². The quantitative estimate of drug-likeness (QED) is 0.679. The van der Waals surface area contributed by atoms with Crippen molar-refractivity contribution in [1.82, 2.24) is 5.32 Å². The Bertz CT molecular complexity index is 893. The van der Waals surface area contributed by atoms with Crippen LogP contribution in [0.4, 0.5) is 0 Å². The van der Waals surface area contributed by atoms with Crippen LogP contribution in [0, 0.1) is 0 Å². The number of hydrogen-bond acceptors (Lipinski definition) is 4. The standard InChI is InChI=1S/C24H31NO4/c1-15(2)8-6-9-16(3)10-7-11-24(4)21(26)13-18-20(28-5)12-17-19(22(18)29-24)14-25-23(17)27/h8,10,12H,6-7,9,11,13-14H2,1-5H3,(H,25,27)/b16-10+/t24-/m0/s1. The van der Waals surface area contributed by atoms with E-state index in [4.69, 9.17) is 9.47 Å². The van der Waals surface area contributed by atoms with Gasteiger partial charge in [0, 0.05) is 24.1 Å². The smallest absolute Gasteiger partial charge is 0.252 e. The summed E-state index contributed by atoms with van der Waals surface area (Å²) in [4.78, 5) is 25.1. The van der Waals surface area contributed by atoms with Crippen molar-refractivity contribution in [3.8, 4) is 11.5 Å². The van der Waals surface area contributed by atoms with E-state index in [0.29, 0.717) is 30.0 Å². The minimum absolute atomic E-state index is 0.0520. The molecule has 0 saturated carbocycles. The van der Waals surface area contributed by atoms with Gasteiger partial charge in [-0.05, 0) is 59.4 Å². The normalized spacial score (nSPS) is 20.5. The van der Waals surface area contributed by atoms with Gasteiger partial charge in [-0.2, -0.15) is 0 Å². The van der Waals surface area contributed by atoms with Gasteiger partial charge in [0.2, 0.25) is 0 Å². The minimum Gasteiger partial charge on any atom is -0.496 e. The van der Waals surface area contributed by atoms with Crippen molar-refractivity contribution in [3.05, 3.63) is 46.1 Å². The third-order valence-corrected chi connectivity index (χ3v) is 5.80. The van der Waals surface area contributed by atoms with Crippen LogP contribution in [0.25, 0.3) is 0 Å². The number of ketones is 1. The van der Waals surface area contributed by atoms with Crippen molar-refractivity contribution in [2.75, 3.05) is 7.11 Å². The van der Waals surface area contributed by atoms with Gasteiger partial charge in [0.1, 0.15) is 11.5 Å². The van der Waals surface area contributed by atoms with E-state index in [1.54, 1.807) is 13.2 Å². The van der Waals surface area contributed by atoms with Gasteiger partial charge >= 0.3 is 0 Å². The molecule has 0 spiro atoms. The average molecular weight is 398 g/mol. The van der Waals surface area contributed by atoms with Crippen molar-refractivity contribution < 1.29 is 19.1 Å². The molecule has 0 unspecified atom stereocenters. The maximum Gasteiger partial charge on any atom is 0.252 e. The molecule has 5 nitrogen and oxygen atoms in total. The zero-order valence-corrected chi connectivity index (χ0v) is 18.1. The second-order valence-electron chi connectivity index (χ2n) is 8.44. The number of amides is 1. The molecule has 5 heteroatoms. The first-order valence-corrected chi connectivity index (χ1v) is 10.3. The number of ether oxygens (including phenoxy) is 2. The number of rotatable bonds is 7. The Morgan fingerprint density at radius 2 is 1.97 bits per heavy atom. The van der Waals surface area contributed by atoms with E-state index >= 15 is 0 Å². The molecule has 2 aliphatic rings. The molecule has 0 aromatic heterocycles. The van der Waals surface area contributed by atoms with Crippen molar-refractivity contribution in [2.24, 2.45) is 0 Å². The molecule has 0 radical (unpaired) electrons. The van der Waals surface area contributed by atoms with Gasteiger partial charge in [-0.3, -0.25) is 9.59 Å². The van der Waals surface area contributed by atoms with Crippen LogP contribution in [0.2, 0.25) is 0 Å².